The molecule has 4 heterocycles. The van der Waals surface area contributed by atoms with Gasteiger partial charge in [0.05, 0.1) is 42.1 Å². The zero-order chi connectivity index (χ0) is 28.2. The number of benzodiazepines with no additional fused rings is 1. The molecule has 1 atom stereocenters. The number of aliphatic imine (C=N–C) groups is 1. The molecule has 1 fully saturated rings. The Hall–Kier alpha value is -5.36. The molecule has 12 heteroatoms. The van der Waals surface area contributed by atoms with Crippen LogP contribution in [-0.2, 0) is 14.3 Å². The number of rotatable bonds is 5. The lowest BCUT2D eigenvalue weighted by atomic mass is 10.0. The normalized spacial score (nSPS) is 16.6. The molecule has 12 nitrogen and oxygen atoms in total. The van der Waals surface area contributed by atoms with Crippen LogP contribution in [-0.4, -0.2) is 70.8 Å². The summed E-state index contributed by atoms with van der Waals surface area (Å²) in [6.07, 6.45) is 3.83. The van der Waals surface area contributed by atoms with Gasteiger partial charge in [0.25, 0.3) is 11.9 Å². The highest BCUT2D eigenvalue weighted by atomic mass is 16.5. The summed E-state index contributed by atoms with van der Waals surface area (Å²) in [7, 11) is 0. The molecular formula is C29H27N9O3. The number of carbonyl (C=O) groups is 1. The van der Waals surface area contributed by atoms with Crippen LogP contribution in [0.15, 0.2) is 90.3 Å². The zero-order valence-corrected chi connectivity index (χ0v) is 21.9. The van der Waals surface area contributed by atoms with Gasteiger partial charge in [-0.05, 0) is 18.2 Å². The Bertz CT molecular complexity index is 1610. The van der Waals surface area contributed by atoms with E-state index in [1.807, 2.05) is 59.5 Å². The summed E-state index contributed by atoms with van der Waals surface area (Å²) < 4.78 is 12.7. The van der Waals surface area contributed by atoms with Crippen molar-refractivity contribution in [2.45, 2.75) is 6.17 Å². The van der Waals surface area contributed by atoms with Crippen molar-refractivity contribution < 1.29 is 14.3 Å². The second kappa shape index (κ2) is 11.4. The quantitative estimate of drug-likeness (QED) is 0.221. The number of amides is 1. The zero-order valence-electron chi connectivity index (χ0n) is 21.9. The predicted octanol–water partition coefficient (Wildman–Crippen LogP) is 2.79. The van der Waals surface area contributed by atoms with Crippen LogP contribution in [0.2, 0.25) is 0 Å². The van der Waals surface area contributed by atoms with E-state index in [1.165, 1.54) is 0 Å². The number of carbonyl (C=O) groups excluding carboxylic acids is 1. The summed E-state index contributed by atoms with van der Waals surface area (Å²) in [5, 5.41) is 27.5. The van der Waals surface area contributed by atoms with Crippen LogP contribution in [0.5, 0.6) is 0 Å². The molecule has 4 N–H and O–H groups in total. The van der Waals surface area contributed by atoms with Crippen LogP contribution in [0.1, 0.15) is 16.7 Å². The van der Waals surface area contributed by atoms with Crippen LogP contribution in [0.4, 0.5) is 11.5 Å². The van der Waals surface area contributed by atoms with Gasteiger partial charge in [0.15, 0.2) is 5.82 Å². The predicted molar refractivity (Wildman–Crippen MR) is 154 cm³/mol. The number of nitrogens with one attached hydrogen (secondary N) is 4. The van der Waals surface area contributed by atoms with Crippen LogP contribution < -0.4 is 15.5 Å². The molecule has 2 aromatic heterocycles. The number of amidine groups is 1. The van der Waals surface area contributed by atoms with E-state index >= 15 is 0 Å². The first kappa shape index (κ1) is 25.9. The Morgan fingerprint density at radius 1 is 1.02 bits per heavy atom. The van der Waals surface area contributed by atoms with E-state index in [1.54, 1.807) is 35.4 Å². The van der Waals surface area contributed by atoms with Gasteiger partial charge in [-0.3, -0.25) is 20.6 Å². The lowest BCUT2D eigenvalue weighted by Gasteiger charge is -2.27. The summed E-state index contributed by atoms with van der Waals surface area (Å²) >= 11 is 0. The van der Waals surface area contributed by atoms with E-state index in [-0.39, 0.29) is 5.90 Å². The number of pyridine rings is 1. The van der Waals surface area contributed by atoms with Crippen molar-refractivity contribution in [3.05, 3.63) is 102 Å². The molecule has 0 spiro atoms. The largest absolute Gasteiger partial charge is 0.407 e. The van der Waals surface area contributed by atoms with Gasteiger partial charge >= 0.3 is 0 Å². The van der Waals surface area contributed by atoms with Gasteiger partial charge in [-0.25, -0.2) is 9.67 Å². The molecule has 206 valence electrons. The highest BCUT2D eigenvalue weighted by molar-refractivity contribution is 6.19. The fraction of sp³-hybridized carbons (Fsp3) is 0.172. The minimum Gasteiger partial charge on any atom is -0.407 e. The summed E-state index contributed by atoms with van der Waals surface area (Å²) in [6, 6.07) is 20.1. The van der Waals surface area contributed by atoms with Crippen molar-refractivity contribution >= 4 is 35.0 Å². The molecule has 0 bridgehead atoms. The number of ether oxygens (including phenoxy) is 2. The Labute approximate surface area is 235 Å². The number of nitrogens with zero attached hydrogens (tertiary/aromatic N) is 5. The number of hydrogen-bond donors (Lipinski definition) is 4. The van der Waals surface area contributed by atoms with Crippen molar-refractivity contribution in [2.75, 3.05) is 36.5 Å². The van der Waals surface area contributed by atoms with E-state index < -0.39 is 18.1 Å². The number of fused-ring (bicyclic) bond motifs is 1. The van der Waals surface area contributed by atoms with E-state index in [0.29, 0.717) is 54.8 Å². The van der Waals surface area contributed by atoms with Gasteiger partial charge in [-0.2, -0.15) is 0 Å². The molecule has 1 saturated heterocycles. The molecule has 41 heavy (non-hydrogen) atoms. The van der Waals surface area contributed by atoms with Crippen LogP contribution in [0, 0.1) is 10.8 Å². The first-order valence-corrected chi connectivity index (χ1v) is 13.0. The smallest absolute Gasteiger partial charge is 0.290 e. The number of anilines is 2. The lowest BCUT2D eigenvalue weighted by molar-refractivity contribution is -0.117. The SMILES string of the molecule is N=C(N[C@H]1N=C(c2ccccc2)c2ccccc2NC1=O)OC(=N)c1cn(-c2cccnc2)nc1N1CCOCC1. The maximum atomic E-state index is 13.1. The van der Waals surface area contributed by atoms with Gasteiger partial charge in [-0.1, -0.05) is 48.5 Å². The maximum absolute atomic E-state index is 13.1. The highest BCUT2D eigenvalue weighted by Gasteiger charge is 2.28. The van der Waals surface area contributed by atoms with Crippen LogP contribution in [0.3, 0.4) is 0 Å². The summed E-state index contributed by atoms with van der Waals surface area (Å²) in [5.41, 5.74) is 3.88. The van der Waals surface area contributed by atoms with Crippen molar-refractivity contribution in [3.63, 3.8) is 0 Å². The van der Waals surface area contributed by atoms with Crippen molar-refractivity contribution in [1.29, 1.82) is 10.8 Å². The second-order valence-corrected chi connectivity index (χ2v) is 9.31. The van der Waals surface area contributed by atoms with Gasteiger partial charge in [0.2, 0.25) is 12.1 Å². The number of para-hydroxylation sites is 1. The monoisotopic (exact) mass is 549 g/mol. The Kier molecular flexibility index (Phi) is 7.20. The molecular weight excluding hydrogens is 522 g/mol. The Balaban J connectivity index is 1.25. The molecule has 4 aromatic rings. The fourth-order valence-corrected chi connectivity index (χ4v) is 4.65. The summed E-state index contributed by atoms with van der Waals surface area (Å²) in [5.74, 6) is -0.229. The highest BCUT2D eigenvalue weighted by Crippen LogP contribution is 2.25. The molecule has 1 amide bonds. The number of aromatic nitrogens is 3. The Morgan fingerprint density at radius 2 is 1.80 bits per heavy atom. The molecule has 0 radical (unpaired) electrons. The van der Waals surface area contributed by atoms with E-state index in [2.05, 4.69) is 25.7 Å². The fourth-order valence-electron chi connectivity index (χ4n) is 4.65. The molecule has 0 saturated carbocycles. The minimum absolute atomic E-state index is 0.302. The van der Waals surface area contributed by atoms with Crippen LogP contribution >= 0.6 is 0 Å². The minimum atomic E-state index is -1.17. The first-order chi connectivity index (χ1) is 20.1. The number of morpholine rings is 1. The molecule has 2 aliphatic rings. The maximum Gasteiger partial charge on any atom is 0.290 e. The van der Waals surface area contributed by atoms with Gasteiger partial charge in [-0.15, -0.1) is 5.10 Å². The van der Waals surface area contributed by atoms with Crippen molar-refractivity contribution in [1.82, 2.24) is 20.1 Å². The first-order valence-electron chi connectivity index (χ1n) is 13.0. The molecule has 6 rings (SSSR count). The molecule has 2 aliphatic heterocycles. The third-order valence-corrected chi connectivity index (χ3v) is 6.63. The third kappa shape index (κ3) is 5.54. The van der Waals surface area contributed by atoms with Gasteiger partial charge in [0, 0.05) is 36.6 Å². The van der Waals surface area contributed by atoms with Crippen molar-refractivity contribution in [3.8, 4) is 5.69 Å². The number of benzene rings is 2. The lowest BCUT2D eigenvalue weighted by Crippen LogP contribution is -2.43. The van der Waals surface area contributed by atoms with Crippen molar-refractivity contribution in [2.24, 2.45) is 4.99 Å². The van der Waals surface area contributed by atoms with E-state index in [0.717, 1.165) is 11.1 Å². The summed E-state index contributed by atoms with van der Waals surface area (Å²) in [4.78, 5) is 24.0. The third-order valence-electron chi connectivity index (χ3n) is 6.63. The second-order valence-electron chi connectivity index (χ2n) is 9.31. The van der Waals surface area contributed by atoms with E-state index in [9.17, 15) is 4.79 Å². The van der Waals surface area contributed by atoms with Gasteiger partial charge in [0.1, 0.15) is 0 Å². The van der Waals surface area contributed by atoms with E-state index in [4.69, 9.17) is 20.3 Å². The topological polar surface area (TPSA) is 154 Å². The summed E-state index contributed by atoms with van der Waals surface area (Å²) in [6.45, 7) is 2.26. The molecule has 0 aliphatic carbocycles. The number of hydrogen-bond acceptors (Lipinski definition) is 9. The van der Waals surface area contributed by atoms with Gasteiger partial charge < -0.3 is 25.0 Å². The average molecular weight is 550 g/mol. The Morgan fingerprint density at radius 3 is 2.59 bits per heavy atom. The standard InChI is InChI=1S/C29H27N9O3/c30-25(22-18-38(20-9-6-12-32-17-20)36-27(22)37-13-15-40-16-14-37)41-29(31)35-26-28(39)33-23-11-5-4-10-21(23)24(34-26)19-7-2-1-3-8-19/h1-12,17-18,26,30H,13-16H2,(H2,31,35)(H,33,39)/t26-/m1/s1. The average Bonchev–Trinajstić information content (AvgIpc) is 3.41. The molecule has 0 unspecified atom stereocenters. The molecule has 2 aromatic carbocycles. The van der Waals surface area contributed by atoms with Crippen LogP contribution in [0.25, 0.3) is 5.69 Å².